The molecule has 1 N–H and O–H groups in total. The minimum atomic E-state index is 0.882. The van der Waals surface area contributed by atoms with Crippen molar-refractivity contribution >= 4 is 0 Å². The Kier molecular flexibility index (Phi) is 1.30. The van der Waals surface area contributed by atoms with Gasteiger partial charge in [-0.05, 0) is 36.4 Å². The normalized spacial score (nSPS) is 37.8. The van der Waals surface area contributed by atoms with Crippen LogP contribution in [0.2, 0.25) is 0 Å². The van der Waals surface area contributed by atoms with Crippen molar-refractivity contribution in [2.75, 3.05) is 13.1 Å². The van der Waals surface area contributed by atoms with E-state index in [4.69, 9.17) is 0 Å². The average molecular weight is 159 g/mol. The molecule has 0 spiro atoms. The van der Waals surface area contributed by atoms with Crippen LogP contribution >= 0.6 is 0 Å². The highest BCUT2D eigenvalue weighted by molar-refractivity contribution is 5.30. The van der Waals surface area contributed by atoms with Gasteiger partial charge in [-0.25, -0.2) is 0 Å². The van der Waals surface area contributed by atoms with Crippen LogP contribution in [-0.2, 0) is 0 Å². The zero-order valence-corrected chi connectivity index (χ0v) is 7.03. The van der Waals surface area contributed by atoms with Crippen LogP contribution in [0.4, 0.5) is 0 Å². The average Bonchev–Trinajstić information content (AvgIpc) is 2.62. The number of rotatable bonds is 1. The van der Waals surface area contributed by atoms with E-state index in [9.17, 15) is 0 Å². The molecule has 0 amide bonds. The Hall–Kier alpha value is -0.820. The summed E-state index contributed by atoms with van der Waals surface area (Å²) in [7, 11) is 0. The van der Waals surface area contributed by atoms with E-state index in [-0.39, 0.29) is 0 Å². The van der Waals surface area contributed by atoms with E-state index in [1.165, 1.54) is 13.1 Å². The van der Waals surface area contributed by atoms with Gasteiger partial charge >= 0.3 is 0 Å². The van der Waals surface area contributed by atoms with Gasteiger partial charge in [0.15, 0.2) is 0 Å². The lowest BCUT2D eigenvalue weighted by Crippen LogP contribution is -2.13. The SMILES string of the molecule is c1ccc(C2[C@H]3CNC[C@@H]23)cc1. The van der Waals surface area contributed by atoms with Gasteiger partial charge < -0.3 is 5.32 Å². The lowest BCUT2D eigenvalue weighted by Gasteiger charge is -2.03. The predicted octanol–water partition coefficient (Wildman–Crippen LogP) is 1.62. The molecule has 2 fully saturated rings. The summed E-state index contributed by atoms with van der Waals surface area (Å²) in [5.74, 6) is 2.78. The van der Waals surface area contributed by atoms with Gasteiger partial charge in [-0.1, -0.05) is 30.3 Å². The van der Waals surface area contributed by atoms with Crippen LogP contribution in [0.25, 0.3) is 0 Å². The van der Waals surface area contributed by atoms with E-state index < -0.39 is 0 Å². The minimum Gasteiger partial charge on any atom is -0.316 e. The Morgan fingerprint density at radius 1 is 1.00 bits per heavy atom. The van der Waals surface area contributed by atoms with Crippen LogP contribution in [-0.4, -0.2) is 13.1 Å². The molecule has 1 aliphatic carbocycles. The molecule has 1 heterocycles. The van der Waals surface area contributed by atoms with Gasteiger partial charge in [-0.15, -0.1) is 0 Å². The van der Waals surface area contributed by atoms with E-state index in [0.29, 0.717) is 0 Å². The Balaban J connectivity index is 1.85. The summed E-state index contributed by atoms with van der Waals surface area (Å²) in [6.45, 7) is 2.48. The summed E-state index contributed by atoms with van der Waals surface area (Å²) in [4.78, 5) is 0. The highest BCUT2D eigenvalue weighted by Crippen LogP contribution is 2.55. The third-order valence-corrected chi connectivity index (χ3v) is 3.28. The fourth-order valence-electron chi connectivity index (χ4n) is 2.59. The molecule has 1 nitrogen and oxygen atoms in total. The van der Waals surface area contributed by atoms with E-state index >= 15 is 0 Å². The Morgan fingerprint density at radius 2 is 1.67 bits per heavy atom. The number of piperidine rings is 1. The first kappa shape index (κ1) is 6.67. The van der Waals surface area contributed by atoms with Crippen molar-refractivity contribution < 1.29 is 0 Å². The molecule has 1 aromatic rings. The molecule has 2 aliphatic rings. The monoisotopic (exact) mass is 159 g/mol. The standard InChI is InChI=1S/C11H13N/c1-2-4-8(5-3-1)11-9-6-12-7-10(9)11/h1-5,9-12H,6-7H2/t9-,10+,11?. The quantitative estimate of drug-likeness (QED) is 0.656. The summed E-state index contributed by atoms with van der Waals surface area (Å²) in [6, 6.07) is 10.9. The molecule has 3 rings (SSSR count). The number of benzene rings is 1. The van der Waals surface area contributed by atoms with Crippen molar-refractivity contribution in [3.8, 4) is 0 Å². The van der Waals surface area contributed by atoms with Crippen LogP contribution in [0.1, 0.15) is 11.5 Å². The maximum absolute atomic E-state index is 3.42. The largest absolute Gasteiger partial charge is 0.316 e. The number of hydrogen-bond acceptors (Lipinski definition) is 1. The third kappa shape index (κ3) is 0.831. The maximum atomic E-state index is 3.42. The van der Waals surface area contributed by atoms with Crippen molar-refractivity contribution in [2.24, 2.45) is 11.8 Å². The first-order valence-corrected chi connectivity index (χ1v) is 4.72. The molecular weight excluding hydrogens is 146 g/mol. The first-order valence-electron chi connectivity index (χ1n) is 4.72. The first-order chi connectivity index (χ1) is 5.97. The zero-order chi connectivity index (χ0) is 7.97. The van der Waals surface area contributed by atoms with E-state index in [0.717, 1.165) is 17.8 Å². The van der Waals surface area contributed by atoms with E-state index in [1.54, 1.807) is 5.56 Å². The van der Waals surface area contributed by atoms with Crippen LogP contribution in [0.5, 0.6) is 0 Å². The fraction of sp³-hybridized carbons (Fsp3) is 0.455. The molecule has 0 aromatic heterocycles. The van der Waals surface area contributed by atoms with Gasteiger partial charge in [-0.3, -0.25) is 0 Å². The molecule has 3 atom stereocenters. The second-order valence-corrected chi connectivity index (χ2v) is 3.92. The topological polar surface area (TPSA) is 12.0 Å². The predicted molar refractivity (Wildman–Crippen MR) is 49.0 cm³/mol. The molecule has 1 saturated carbocycles. The summed E-state index contributed by atoms with van der Waals surface area (Å²) in [5, 5.41) is 3.42. The number of fused-ring (bicyclic) bond motifs is 1. The lowest BCUT2D eigenvalue weighted by molar-refractivity contribution is 0.684. The lowest BCUT2D eigenvalue weighted by atomic mass is 10.1. The highest BCUT2D eigenvalue weighted by Gasteiger charge is 2.53. The maximum Gasteiger partial charge on any atom is -0.00111 e. The van der Waals surface area contributed by atoms with Gasteiger partial charge in [0.25, 0.3) is 0 Å². The number of hydrogen-bond donors (Lipinski definition) is 1. The molecule has 62 valence electrons. The summed E-state index contributed by atoms with van der Waals surface area (Å²) in [5.41, 5.74) is 1.55. The molecule has 1 aliphatic heterocycles. The zero-order valence-electron chi connectivity index (χ0n) is 7.03. The second-order valence-electron chi connectivity index (χ2n) is 3.92. The number of nitrogens with one attached hydrogen (secondary N) is 1. The summed E-state index contributed by atoms with van der Waals surface area (Å²) < 4.78 is 0. The third-order valence-electron chi connectivity index (χ3n) is 3.28. The van der Waals surface area contributed by atoms with E-state index in [2.05, 4.69) is 35.6 Å². The highest BCUT2D eigenvalue weighted by atomic mass is 15.0. The molecule has 0 bridgehead atoms. The molecule has 1 saturated heterocycles. The summed E-state index contributed by atoms with van der Waals surface area (Å²) in [6.07, 6.45) is 0. The Morgan fingerprint density at radius 3 is 2.33 bits per heavy atom. The molecule has 0 radical (unpaired) electrons. The van der Waals surface area contributed by atoms with Crippen LogP contribution < -0.4 is 5.32 Å². The fourth-order valence-corrected chi connectivity index (χ4v) is 2.59. The second kappa shape index (κ2) is 2.33. The van der Waals surface area contributed by atoms with Crippen molar-refractivity contribution in [1.82, 2.24) is 5.32 Å². The molecule has 1 heteroatoms. The van der Waals surface area contributed by atoms with Crippen molar-refractivity contribution in [2.45, 2.75) is 5.92 Å². The van der Waals surface area contributed by atoms with Crippen molar-refractivity contribution in [3.63, 3.8) is 0 Å². The van der Waals surface area contributed by atoms with Crippen molar-refractivity contribution in [1.29, 1.82) is 0 Å². The van der Waals surface area contributed by atoms with Gasteiger partial charge in [0.1, 0.15) is 0 Å². The van der Waals surface area contributed by atoms with Crippen LogP contribution in [0, 0.1) is 11.8 Å². The Labute approximate surface area is 72.8 Å². The molecular formula is C11H13N. The van der Waals surface area contributed by atoms with Gasteiger partial charge in [0, 0.05) is 0 Å². The summed E-state index contributed by atoms with van der Waals surface area (Å²) >= 11 is 0. The van der Waals surface area contributed by atoms with Gasteiger partial charge in [0.05, 0.1) is 0 Å². The van der Waals surface area contributed by atoms with Crippen LogP contribution in [0.15, 0.2) is 30.3 Å². The molecule has 12 heavy (non-hydrogen) atoms. The smallest absolute Gasteiger partial charge is 0.00111 e. The van der Waals surface area contributed by atoms with Gasteiger partial charge in [-0.2, -0.15) is 0 Å². The van der Waals surface area contributed by atoms with Crippen molar-refractivity contribution in [3.05, 3.63) is 35.9 Å². The minimum absolute atomic E-state index is 0.882. The molecule has 1 aromatic carbocycles. The Bertz CT molecular complexity index is 270. The van der Waals surface area contributed by atoms with Gasteiger partial charge in [0.2, 0.25) is 0 Å². The van der Waals surface area contributed by atoms with E-state index in [1.807, 2.05) is 0 Å². The van der Waals surface area contributed by atoms with Crippen LogP contribution in [0.3, 0.4) is 0 Å². The molecule has 1 unspecified atom stereocenters.